The first-order chi connectivity index (χ1) is 13.2. The van der Waals surface area contributed by atoms with Crippen LogP contribution in [0.15, 0.2) is 84.9 Å². The van der Waals surface area contributed by atoms with Gasteiger partial charge in [0.1, 0.15) is 0 Å². The van der Waals surface area contributed by atoms with Crippen molar-refractivity contribution in [1.82, 2.24) is 0 Å². The summed E-state index contributed by atoms with van der Waals surface area (Å²) in [7, 11) is 0. The van der Waals surface area contributed by atoms with Crippen LogP contribution >= 0.6 is 0 Å². The van der Waals surface area contributed by atoms with Gasteiger partial charge in [-0.3, -0.25) is 0 Å². The Morgan fingerprint density at radius 2 is 0.889 bits per heavy atom. The van der Waals surface area contributed by atoms with Crippen LogP contribution < -0.4 is 0 Å². The summed E-state index contributed by atoms with van der Waals surface area (Å²) in [5.74, 6) is 0. The first-order valence-corrected chi connectivity index (χ1v) is 9.46. The van der Waals surface area contributed by atoms with Crippen LogP contribution in [0.1, 0.15) is 22.3 Å². The summed E-state index contributed by atoms with van der Waals surface area (Å²) in [4.78, 5) is 0. The summed E-state index contributed by atoms with van der Waals surface area (Å²) in [6, 6.07) is 30.9. The number of fused-ring (bicyclic) bond motifs is 3. The van der Waals surface area contributed by atoms with E-state index in [0.717, 1.165) is 0 Å². The molecular formula is C27H21. The highest BCUT2D eigenvalue weighted by atomic mass is 14.2. The molecule has 27 heavy (non-hydrogen) atoms. The van der Waals surface area contributed by atoms with Gasteiger partial charge >= 0.3 is 0 Å². The summed E-state index contributed by atoms with van der Waals surface area (Å²) < 4.78 is 0. The van der Waals surface area contributed by atoms with Crippen molar-refractivity contribution in [3.05, 3.63) is 114 Å². The van der Waals surface area contributed by atoms with Crippen LogP contribution in [0.5, 0.6) is 0 Å². The lowest BCUT2D eigenvalue weighted by atomic mass is 9.95. The molecule has 1 aliphatic carbocycles. The molecule has 0 N–H and O–H groups in total. The summed E-state index contributed by atoms with van der Waals surface area (Å²) in [5.41, 5.74) is 13.1. The van der Waals surface area contributed by atoms with Crippen LogP contribution in [0.25, 0.3) is 33.4 Å². The number of benzene rings is 4. The summed E-state index contributed by atoms with van der Waals surface area (Å²) in [6.45, 7) is 4.35. The van der Waals surface area contributed by atoms with Gasteiger partial charge in [-0.1, -0.05) is 72.8 Å². The van der Waals surface area contributed by atoms with Gasteiger partial charge in [0.2, 0.25) is 0 Å². The molecule has 0 heteroatoms. The van der Waals surface area contributed by atoms with E-state index in [1.54, 1.807) is 0 Å². The van der Waals surface area contributed by atoms with Gasteiger partial charge in [-0.15, -0.1) is 0 Å². The lowest BCUT2D eigenvalue weighted by molar-refractivity contribution is 1.44. The second-order valence-corrected chi connectivity index (χ2v) is 7.38. The molecule has 1 radical (unpaired) electrons. The lowest BCUT2D eigenvalue weighted by Gasteiger charge is -2.09. The lowest BCUT2D eigenvalue weighted by Crippen LogP contribution is -1.85. The van der Waals surface area contributed by atoms with Gasteiger partial charge in [0.05, 0.1) is 0 Å². The van der Waals surface area contributed by atoms with Crippen LogP contribution in [-0.2, 0) is 0 Å². The van der Waals surface area contributed by atoms with E-state index >= 15 is 0 Å². The van der Waals surface area contributed by atoms with Gasteiger partial charge in [0.25, 0.3) is 0 Å². The van der Waals surface area contributed by atoms with Gasteiger partial charge in [-0.25, -0.2) is 0 Å². The maximum Gasteiger partial charge on any atom is 0.0212 e. The van der Waals surface area contributed by atoms with Crippen LogP contribution in [0.4, 0.5) is 0 Å². The van der Waals surface area contributed by atoms with Crippen molar-refractivity contribution in [2.45, 2.75) is 13.8 Å². The van der Waals surface area contributed by atoms with Crippen LogP contribution in [0, 0.1) is 20.3 Å². The zero-order chi connectivity index (χ0) is 18.4. The van der Waals surface area contributed by atoms with Crippen molar-refractivity contribution >= 4 is 0 Å². The fourth-order valence-electron chi connectivity index (χ4n) is 4.15. The van der Waals surface area contributed by atoms with E-state index in [-0.39, 0.29) is 0 Å². The molecule has 0 amide bonds. The minimum atomic E-state index is 1.29. The zero-order valence-electron chi connectivity index (χ0n) is 15.7. The smallest absolute Gasteiger partial charge is 0.0212 e. The van der Waals surface area contributed by atoms with E-state index in [4.69, 9.17) is 0 Å². The highest BCUT2D eigenvalue weighted by Crippen LogP contribution is 2.42. The molecule has 0 unspecified atom stereocenters. The quantitative estimate of drug-likeness (QED) is 0.317. The van der Waals surface area contributed by atoms with Crippen molar-refractivity contribution in [3.8, 4) is 33.4 Å². The van der Waals surface area contributed by atoms with Crippen molar-refractivity contribution < 1.29 is 0 Å². The molecule has 0 spiro atoms. The maximum atomic E-state index is 2.33. The predicted octanol–water partition coefficient (Wildman–Crippen LogP) is 7.22. The molecule has 0 saturated heterocycles. The largest absolute Gasteiger partial charge is 0.0620 e. The van der Waals surface area contributed by atoms with Crippen molar-refractivity contribution in [2.75, 3.05) is 0 Å². The van der Waals surface area contributed by atoms with E-state index < -0.39 is 0 Å². The van der Waals surface area contributed by atoms with Gasteiger partial charge in [0.15, 0.2) is 0 Å². The molecule has 4 aromatic carbocycles. The molecule has 1 aliphatic rings. The summed E-state index contributed by atoms with van der Waals surface area (Å²) >= 11 is 0. The van der Waals surface area contributed by atoms with E-state index in [9.17, 15) is 0 Å². The van der Waals surface area contributed by atoms with Crippen LogP contribution in [-0.4, -0.2) is 0 Å². The number of rotatable bonds is 2. The van der Waals surface area contributed by atoms with E-state index in [1.165, 1.54) is 55.6 Å². The number of hydrogen-bond acceptors (Lipinski definition) is 0. The van der Waals surface area contributed by atoms with E-state index in [1.807, 2.05) is 0 Å². The number of hydrogen-bond donors (Lipinski definition) is 0. The highest BCUT2D eigenvalue weighted by Gasteiger charge is 2.20. The van der Waals surface area contributed by atoms with Gasteiger partial charge < -0.3 is 0 Å². The topological polar surface area (TPSA) is 0 Å². The Bertz CT molecular complexity index is 1070. The standard InChI is InChI=1S/C27H21/c1-18-7-3-5-9-24(18)20-11-13-26-22(15-20)17-23-16-21(12-14-27(23)26)25-10-6-4-8-19(25)2/h3-17H,1-2H3. The van der Waals surface area contributed by atoms with Gasteiger partial charge in [-0.2, -0.15) is 0 Å². The molecule has 0 heterocycles. The number of aryl methyl sites for hydroxylation is 2. The average Bonchev–Trinajstić information content (AvgIpc) is 3.05. The van der Waals surface area contributed by atoms with Crippen molar-refractivity contribution in [3.63, 3.8) is 0 Å². The third kappa shape index (κ3) is 2.69. The summed E-state index contributed by atoms with van der Waals surface area (Å²) in [6.07, 6.45) is 2.33. The fraction of sp³-hybridized carbons (Fsp3) is 0.0741. The van der Waals surface area contributed by atoms with Crippen LogP contribution in [0.3, 0.4) is 0 Å². The SMILES string of the molecule is Cc1ccccc1-c1ccc2c(c1)[CH]c1cc(-c3ccccc3C)ccc1-2. The minimum Gasteiger partial charge on any atom is -0.0620 e. The Kier molecular flexibility index (Phi) is 3.72. The minimum absolute atomic E-state index is 1.29. The molecule has 5 rings (SSSR count). The highest BCUT2D eigenvalue weighted by molar-refractivity contribution is 5.86. The third-order valence-electron chi connectivity index (χ3n) is 5.62. The maximum absolute atomic E-state index is 2.33. The molecule has 0 nitrogen and oxygen atoms in total. The van der Waals surface area contributed by atoms with E-state index in [0.29, 0.717) is 0 Å². The van der Waals surface area contributed by atoms with Crippen LogP contribution in [0.2, 0.25) is 0 Å². The fourth-order valence-corrected chi connectivity index (χ4v) is 4.15. The van der Waals surface area contributed by atoms with Gasteiger partial charge in [0, 0.05) is 6.42 Å². The Morgan fingerprint density at radius 3 is 1.33 bits per heavy atom. The first-order valence-electron chi connectivity index (χ1n) is 9.46. The molecule has 0 bridgehead atoms. The average molecular weight is 345 g/mol. The Hall–Kier alpha value is -3.12. The summed E-state index contributed by atoms with van der Waals surface area (Å²) in [5, 5.41) is 0. The molecule has 0 saturated carbocycles. The Labute approximate surface area is 161 Å². The predicted molar refractivity (Wildman–Crippen MR) is 115 cm³/mol. The molecule has 0 fully saturated rings. The van der Waals surface area contributed by atoms with Crippen molar-refractivity contribution in [1.29, 1.82) is 0 Å². The second kappa shape index (κ2) is 6.25. The molecule has 0 aliphatic heterocycles. The van der Waals surface area contributed by atoms with E-state index in [2.05, 4.69) is 105 Å². The zero-order valence-corrected chi connectivity index (χ0v) is 15.7. The Morgan fingerprint density at radius 1 is 0.444 bits per heavy atom. The molecule has 129 valence electrons. The van der Waals surface area contributed by atoms with Gasteiger partial charge in [-0.05, 0) is 81.6 Å². The molecule has 0 atom stereocenters. The second-order valence-electron chi connectivity index (χ2n) is 7.38. The molecule has 4 aromatic rings. The normalized spacial score (nSPS) is 11.9. The van der Waals surface area contributed by atoms with Crippen molar-refractivity contribution in [2.24, 2.45) is 0 Å². The monoisotopic (exact) mass is 345 g/mol. The third-order valence-corrected chi connectivity index (χ3v) is 5.62. The molecule has 0 aromatic heterocycles. The molecular weight excluding hydrogens is 324 g/mol. The Balaban J connectivity index is 1.56. The first kappa shape index (κ1) is 16.1.